The predicted octanol–water partition coefficient (Wildman–Crippen LogP) is 7.64. The van der Waals surface area contributed by atoms with Crippen molar-refractivity contribution in [2.45, 2.75) is 111 Å². The van der Waals surface area contributed by atoms with Crippen LogP contribution in [0.1, 0.15) is 98.6 Å². The lowest BCUT2D eigenvalue weighted by atomic mass is 9.76. The van der Waals surface area contributed by atoms with Crippen LogP contribution in [0.4, 0.5) is 15.8 Å². The number of hydrogen-bond donors (Lipinski definition) is 3. The Labute approximate surface area is 227 Å². The molecule has 0 saturated heterocycles. The third-order valence-corrected chi connectivity index (χ3v) is 7.47. The first-order valence-electron chi connectivity index (χ1n) is 13.7. The number of rotatable bonds is 13. The molecule has 2 rings (SSSR count). The second kappa shape index (κ2) is 13.1. The fraction of sp³-hybridized carbons (Fsp3) is 0.548. The van der Waals surface area contributed by atoms with Crippen molar-refractivity contribution in [2.24, 2.45) is 0 Å². The molecule has 0 saturated carbocycles. The highest BCUT2D eigenvalue weighted by Crippen LogP contribution is 2.39. The summed E-state index contributed by atoms with van der Waals surface area (Å²) >= 11 is 0. The van der Waals surface area contributed by atoms with Crippen molar-refractivity contribution >= 4 is 23.2 Å². The molecule has 2 atom stereocenters. The molecule has 38 heavy (non-hydrogen) atoms. The Morgan fingerprint density at radius 3 is 2.00 bits per heavy atom. The first kappa shape index (κ1) is 31.1. The van der Waals surface area contributed by atoms with Gasteiger partial charge in [-0.2, -0.15) is 0 Å². The number of phenolic OH excluding ortho intramolecular Hbond substituents is 1. The van der Waals surface area contributed by atoms with E-state index >= 15 is 0 Å². The molecule has 2 amide bonds. The van der Waals surface area contributed by atoms with Crippen LogP contribution in [0.15, 0.2) is 36.4 Å². The molecule has 0 aliphatic carbocycles. The average Bonchev–Trinajstić information content (AvgIpc) is 2.86. The highest BCUT2D eigenvalue weighted by atomic mass is 19.1. The van der Waals surface area contributed by atoms with Gasteiger partial charge in [0, 0.05) is 29.1 Å². The van der Waals surface area contributed by atoms with Gasteiger partial charge in [-0.15, -0.1) is 0 Å². The molecule has 0 fully saturated rings. The van der Waals surface area contributed by atoms with Gasteiger partial charge in [0.15, 0.2) is 12.3 Å². The minimum atomic E-state index is -1.64. The summed E-state index contributed by atoms with van der Waals surface area (Å²) in [5.41, 5.74) is 2.60. The van der Waals surface area contributed by atoms with Gasteiger partial charge in [0.25, 0.3) is 11.8 Å². The zero-order valence-corrected chi connectivity index (χ0v) is 24.2. The van der Waals surface area contributed by atoms with Crippen LogP contribution in [0.5, 0.6) is 11.5 Å². The van der Waals surface area contributed by atoms with Gasteiger partial charge in [-0.3, -0.25) is 9.59 Å². The largest absolute Gasteiger partial charge is 0.508 e. The molecule has 2 unspecified atom stereocenters. The number of amides is 2. The van der Waals surface area contributed by atoms with E-state index in [4.69, 9.17) is 4.74 Å². The molecule has 0 radical (unpaired) electrons. The number of benzene rings is 2. The number of alkyl halides is 1. The van der Waals surface area contributed by atoms with Crippen molar-refractivity contribution < 1.29 is 23.8 Å². The fourth-order valence-electron chi connectivity index (χ4n) is 4.04. The molecule has 7 heteroatoms. The predicted molar refractivity (Wildman–Crippen MR) is 153 cm³/mol. The minimum absolute atomic E-state index is 0.0137. The van der Waals surface area contributed by atoms with Gasteiger partial charge in [-0.25, -0.2) is 4.39 Å². The third-order valence-electron chi connectivity index (χ3n) is 7.47. The van der Waals surface area contributed by atoms with Crippen LogP contribution >= 0.6 is 0 Å². The summed E-state index contributed by atoms with van der Waals surface area (Å²) in [5.74, 6) is -0.671. The quantitative estimate of drug-likeness (QED) is 0.249. The molecule has 0 spiro atoms. The van der Waals surface area contributed by atoms with Crippen LogP contribution < -0.4 is 15.4 Å². The molecule has 0 aliphatic heterocycles. The lowest BCUT2D eigenvalue weighted by Gasteiger charge is -2.31. The molecule has 2 aromatic rings. The number of carbonyl (C=O) groups excluding carboxylic acids is 2. The summed E-state index contributed by atoms with van der Waals surface area (Å²) in [7, 11) is 0. The minimum Gasteiger partial charge on any atom is -0.508 e. The van der Waals surface area contributed by atoms with Gasteiger partial charge in [0.2, 0.25) is 0 Å². The highest BCUT2D eigenvalue weighted by molar-refractivity contribution is 5.97. The number of hydrogen-bond acceptors (Lipinski definition) is 4. The SMILES string of the molecule is CCCC(F)C(=O)Nc1cc(O)cc(NC(=O)C(CC)Oc2ccc(C(C)(C)CC)cc2C(C)(C)CC)c1. The first-order valence-corrected chi connectivity index (χ1v) is 13.7. The van der Waals surface area contributed by atoms with Crippen LogP contribution in [-0.4, -0.2) is 29.2 Å². The summed E-state index contributed by atoms with van der Waals surface area (Å²) in [6, 6.07) is 10.4. The van der Waals surface area contributed by atoms with E-state index in [0.29, 0.717) is 18.6 Å². The van der Waals surface area contributed by atoms with Gasteiger partial charge in [0.05, 0.1) is 0 Å². The molecule has 0 aromatic heterocycles. The summed E-state index contributed by atoms with van der Waals surface area (Å²) in [6.07, 6.45) is 0.528. The Bertz CT molecular complexity index is 1110. The molecule has 0 heterocycles. The number of ether oxygens (including phenoxy) is 1. The van der Waals surface area contributed by atoms with Crippen LogP contribution in [-0.2, 0) is 20.4 Å². The second-order valence-electron chi connectivity index (χ2n) is 11.2. The van der Waals surface area contributed by atoms with Crippen molar-refractivity contribution in [1.82, 2.24) is 0 Å². The summed E-state index contributed by atoms with van der Waals surface area (Å²) < 4.78 is 20.3. The van der Waals surface area contributed by atoms with Gasteiger partial charge >= 0.3 is 0 Å². The molecule has 0 aliphatic rings. The Kier molecular flexibility index (Phi) is 10.7. The molecule has 210 valence electrons. The normalized spacial score (nSPS) is 13.5. The number of aromatic hydroxyl groups is 1. The van der Waals surface area contributed by atoms with Crippen LogP contribution in [0, 0.1) is 0 Å². The van der Waals surface area contributed by atoms with Gasteiger partial charge in [0.1, 0.15) is 11.5 Å². The monoisotopic (exact) mass is 528 g/mol. The number of nitrogens with one attached hydrogen (secondary N) is 2. The maximum Gasteiger partial charge on any atom is 0.265 e. The van der Waals surface area contributed by atoms with Crippen LogP contribution in [0.2, 0.25) is 0 Å². The molecule has 3 N–H and O–H groups in total. The first-order chi connectivity index (χ1) is 17.8. The number of phenols is 1. The lowest BCUT2D eigenvalue weighted by molar-refractivity contribution is -0.123. The molecule has 6 nitrogen and oxygen atoms in total. The van der Waals surface area contributed by atoms with E-state index in [1.165, 1.54) is 23.8 Å². The zero-order chi connectivity index (χ0) is 28.7. The number of carbonyl (C=O) groups is 2. The van der Waals surface area contributed by atoms with Crippen molar-refractivity contribution in [3.63, 3.8) is 0 Å². The van der Waals surface area contributed by atoms with Crippen LogP contribution in [0.3, 0.4) is 0 Å². The number of anilines is 2. The van der Waals surface area contributed by atoms with Crippen molar-refractivity contribution in [2.75, 3.05) is 10.6 Å². The Balaban J connectivity index is 2.29. The Morgan fingerprint density at radius 1 is 0.895 bits per heavy atom. The Morgan fingerprint density at radius 2 is 1.47 bits per heavy atom. The van der Waals surface area contributed by atoms with E-state index in [1.807, 2.05) is 13.0 Å². The van der Waals surface area contributed by atoms with E-state index in [-0.39, 0.29) is 40.3 Å². The topological polar surface area (TPSA) is 87.7 Å². The van der Waals surface area contributed by atoms with E-state index < -0.39 is 18.2 Å². The fourth-order valence-corrected chi connectivity index (χ4v) is 4.04. The van der Waals surface area contributed by atoms with E-state index in [1.54, 1.807) is 6.92 Å². The van der Waals surface area contributed by atoms with E-state index in [0.717, 1.165) is 18.4 Å². The number of halogens is 1. The highest BCUT2D eigenvalue weighted by Gasteiger charge is 2.29. The molecular formula is C31H45FN2O4. The lowest BCUT2D eigenvalue weighted by Crippen LogP contribution is -2.33. The van der Waals surface area contributed by atoms with Crippen molar-refractivity contribution in [1.29, 1.82) is 0 Å². The standard InChI is InChI=1S/C31H45FN2O4/c1-9-13-25(32)28(36)33-21-17-22(19-23(35)18-21)34-29(37)26(10-2)38-27-15-14-20(30(5,6)11-3)16-24(27)31(7,8)12-4/h14-19,25-26,35H,9-13H2,1-8H3,(H,33,36)(H,34,37). The average molecular weight is 529 g/mol. The van der Waals surface area contributed by atoms with Crippen molar-refractivity contribution in [3.8, 4) is 11.5 Å². The van der Waals surface area contributed by atoms with Gasteiger partial charge < -0.3 is 20.5 Å². The molecule has 2 aromatic carbocycles. The zero-order valence-electron chi connectivity index (χ0n) is 24.2. The van der Waals surface area contributed by atoms with Gasteiger partial charge in [-0.1, -0.05) is 73.9 Å². The summed E-state index contributed by atoms with van der Waals surface area (Å²) in [5, 5.41) is 15.4. The molecular weight excluding hydrogens is 483 g/mol. The van der Waals surface area contributed by atoms with Crippen molar-refractivity contribution in [3.05, 3.63) is 47.5 Å². The third kappa shape index (κ3) is 7.95. The maximum absolute atomic E-state index is 13.9. The summed E-state index contributed by atoms with van der Waals surface area (Å²) in [6.45, 7) is 16.7. The smallest absolute Gasteiger partial charge is 0.265 e. The van der Waals surface area contributed by atoms with E-state index in [2.05, 4.69) is 64.3 Å². The van der Waals surface area contributed by atoms with Crippen LogP contribution in [0.25, 0.3) is 0 Å². The maximum atomic E-state index is 13.9. The second-order valence-corrected chi connectivity index (χ2v) is 11.2. The Hall–Kier alpha value is -3.09. The summed E-state index contributed by atoms with van der Waals surface area (Å²) in [4.78, 5) is 25.3. The van der Waals surface area contributed by atoms with E-state index in [9.17, 15) is 19.1 Å². The molecule has 0 bridgehead atoms. The van der Waals surface area contributed by atoms with Gasteiger partial charge in [-0.05, 0) is 54.2 Å².